The number of benzene rings is 2. The van der Waals surface area contributed by atoms with Gasteiger partial charge in [-0.05, 0) is 36.6 Å². The molecule has 0 atom stereocenters. The highest BCUT2D eigenvalue weighted by atomic mass is 19.4. The van der Waals surface area contributed by atoms with Crippen LogP contribution in [0.3, 0.4) is 0 Å². The van der Waals surface area contributed by atoms with Crippen molar-refractivity contribution >= 4 is 28.7 Å². The Hall–Kier alpha value is -3.56. The number of amides is 1. The molecule has 32 heavy (non-hydrogen) atoms. The molecule has 0 saturated carbocycles. The van der Waals surface area contributed by atoms with Crippen LogP contribution in [0.15, 0.2) is 52.9 Å². The van der Waals surface area contributed by atoms with Gasteiger partial charge in [-0.2, -0.15) is 13.2 Å². The molecule has 10 heteroatoms. The molecule has 1 aliphatic heterocycles. The molecule has 0 fully saturated rings. The summed E-state index contributed by atoms with van der Waals surface area (Å²) in [5.41, 5.74) is 4.19. The van der Waals surface area contributed by atoms with Crippen LogP contribution < -0.4 is 10.2 Å². The van der Waals surface area contributed by atoms with Gasteiger partial charge in [-0.1, -0.05) is 30.3 Å². The van der Waals surface area contributed by atoms with E-state index in [1.807, 2.05) is 24.3 Å². The quantitative estimate of drug-likeness (QED) is 0.618. The monoisotopic (exact) mass is 449 g/mol. The van der Waals surface area contributed by atoms with E-state index in [0.717, 1.165) is 37.0 Å². The van der Waals surface area contributed by atoms with Gasteiger partial charge in [0.1, 0.15) is 11.9 Å². The maximum Gasteiger partial charge on any atom is 0.490 e. The third kappa shape index (κ3) is 6.22. The molecule has 3 aromatic rings. The van der Waals surface area contributed by atoms with Crippen LogP contribution in [0.5, 0.6) is 0 Å². The highest BCUT2D eigenvalue weighted by Gasteiger charge is 2.38. The van der Waals surface area contributed by atoms with Gasteiger partial charge in [-0.15, -0.1) is 0 Å². The van der Waals surface area contributed by atoms with Crippen molar-refractivity contribution in [3.63, 3.8) is 0 Å². The molecule has 0 unspecified atom stereocenters. The van der Waals surface area contributed by atoms with Gasteiger partial charge in [0.2, 0.25) is 11.8 Å². The van der Waals surface area contributed by atoms with Crippen LogP contribution in [-0.2, 0) is 22.4 Å². The number of para-hydroxylation sites is 3. The fourth-order valence-electron chi connectivity index (χ4n) is 3.37. The van der Waals surface area contributed by atoms with Crippen molar-refractivity contribution in [1.82, 2.24) is 10.3 Å². The van der Waals surface area contributed by atoms with Gasteiger partial charge in [0, 0.05) is 25.3 Å². The van der Waals surface area contributed by atoms with E-state index in [2.05, 4.69) is 39.5 Å². The molecular formula is C22H22F3N3O4. The normalized spacial score (nSPS) is 13.2. The number of aromatic nitrogens is 1. The number of fused-ring (bicyclic) bond motifs is 2. The lowest BCUT2D eigenvalue weighted by atomic mass is 10.0. The van der Waals surface area contributed by atoms with Gasteiger partial charge in [-0.25, -0.2) is 9.78 Å². The minimum absolute atomic E-state index is 0.0585. The molecule has 0 saturated heterocycles. The van der Waals surface area contributed by atoms with E-state index >= 15 is 0 Å². The van der Waals surface area contributed by atoms with Crippen LogP contribution in [0.2, 0.25) is 0 Å². The Morgan fingerprint density at radius 1 is 1.12 bits per heavy atom. The Bertz CT molecular complexity index is 1050. The van der Waals surface area contributed by atoms with E-state index in [1.165, 1.54) is 11.3 Å². The summed E-state index contributed by atoms with van der Waals surface area (Å²) in [5.74, 6) is -2.36. The third-order valence-corrected chi connectivity index (χ3v) is 4.80. The highest BCUT2D eigenvalue weighted by molar-refractivity contribution is 5.79. The summed E-state index contributed by atoms with van der Waals surface area (Å²) in [6.45, 7) is 2.47. The van der Waals surface area contributed by atoms with Crippen LogP contribution in [0.4, 0.5) is 18.9 Å². The van der Waals surface area contributed by atoms with Crippen LogP contribution in [0.25, 0.3) is 11.1 Å². The lowest BCUT2D eigenvalue weighted by Crippen LogP contribution is -2.38. The lowest BCUT2D eigenvalue weighted by molar-refractivity contribution is -0.192. The fraction of sp³-hybridized carbons (Fsp3) is 0.318. The highest BCUT2D eigenvalue weighted by Crippen LogP contribution is 2.26. The predicted molar refractivity (Wildman–Crippen MR) is 111 cm³/mol. The van der Waals surface area contributed by atoms with E-state index in [4.69, 9.17) is 14.3 Å². The summed E-state index contributed by atoms with van der Waals surface area (Å²) in [6.07, 6.45) is -2.62. The van der Waals surface area contributed by atoms with Gasteiger partial charge in [-0.3, -0.25) is 4.79 Å². The number of nitrogens with one attached hydrogen (secondary N) is 1. The largest absolute Gasteiger partial charge is 0.490 e. The van der Waals surface area contributed by atoms with E-state index in [0.29, 0.717) is 12.4 Å². The number of nitrogens with zero attached hydrogens (tertiary/aromatic N) is 2. The molecule has 0 radical (unpaired) electrons. The maximum atomic E-state index is 12.1. The van der Waals surface area contributed by atoms with Gasteiger partial charge < -0.3 is 19.7 Å². The molecule has 4 rings (SSSR count). The van der Waals surface area contributed by atoms with Crippen molar-refractivity contribution in [2.75, 3.05) is 24.5 Å². The summed E-state index contributed by atoms with van der Waals surface area (Å²) in [7, 11) is 0. The van der Waals surface area contributed by atoms with Gasteiger partial charge in [0.25, 0.3) is 0 Å². The number of hydrogen-bond donors (Lipinski definition) is 2. The topological polar surface area (TPSA) is 95.7 Å². The number of aryl methyl sites for hydroxylation is 1. The first kappa shape index (κ1) is 23.1. The zero-order valence-electron chi connectivity index (χ0n) is 17.1. The van der Waals surface area contributed by atoms with Crippen molar-refractivity contribution in [3.05, 3.63) is 60.0 Å². The van der Waals surface area contributed by atoms with E-state index in [-0.39, 0.29) is 12.3 Å². The Kier molecular flexibility index (Phi) is 7.34. The summed E-state index contributed by atoms with van der Waals surface area (Å²) >= 11 is 0. The molecule has 1 aliphatic rings. The molecule has 1 aromatic heterocycles. The second-order valence-electron chi connectivity index (χ2n) is 7.12. The van der Waals surface area contributed by atoms with E-state index < -0.39 is 12.1 Å². The Morgan fingerprint density at radius 3 is 2.53 bits per heavy atom. The van der Waals surface area contributed by atoms with Crippen molar-refractivity contribution in [3.8, 4) is 0 Å². The van der Waals surface area contributed by atoms with Crippen LogP contribution in [0, 0.1) is 0 Å². The van der Waals surface area contributed by atoms with E-state index in [9.17, 15) is 18.0 Å². The fourth-order valence-corrected chi connectivity index (χ4v) is 3.37. The average molecular weight is 449 g/mol. The number of carboxylic acid groups (broad SMARTS) is 1. The predicted octanol–water partition coefficient (Wildman–Crippen LogP) is 3.57. The molecular weight excluding hydrogens is 427 g/mol. The first-order valence-electron chi connectivity index (χ1n) is 9.98. The molecule has 0 bridgehead atoms. The van der Waals surface area contributed by atoms with Crippen LogP contribution >= 0.6 is 0 Å². The number of anilines is 1. The first-order chi connectivity index (χ1) is 15.2. The maximum absolute atomic E-state index is 12.1. The minimum atomic E-state index is -5.08. The summed E-state index contributed by atoms with van der Waals surface area (Å²) in [4.78, 5) is 27.7. The van der Waals surface area contributed by atoms with Crippen molar-refractivity contribution in [2.45, 2.75) is 25.4 Å². The summed E-state index contributed by atoms with van der Waals surface area (Å²) in [5, 5.41) is 10.1. The zero-order valence-corrected chi connectivity index (χ0v) is 17.1. The summed E-state index contributed by atoms with van der Waals surface area (Å²) in [6, 6.07) is 16.1. The molecule has 0 spiro atoms. The minimum Gasteiger partial charge on any atom is -0.475 e. The standard InChI is InChI=1S/C20H21N3O2.C2HF3O2/c24-19(14-20-22-16-8-2-4-10-18(16)25-20)21-11-13-23-12-5-7-15-6-1-3-9-17(15)23;3-2(4,5)1(6)7/h1-4,6,8-10H,5,7,11-14H2,(H,21,24);(H,6,7). The zero-order chi connectivity index (χ0) is 23.1. The van der Waals surface area contributed by atoms with Crippen molar-refractivity contribution < 1.29 is 32.3 Å². The number of hydrogen-bond acceptors (Lipinski definition) is 5. The van der Waals surface area contributed by atoms with Crippen molar-refractivity contribution in [2.24, 2.45) is 0 Å². The average Bonchev–Trinajstić information content (AvgIpc) is 3.16. The number of carbonyl (C=O) groups is 2. The molecule has 7 nitrogen and oxygen atoms in total. The number of rotatable bonds is 5. The summed E-state index contributed by atoms with van der Waals surface area (Å²) < 4.78 is 37.3. The molecule has 2 aromatic carbocycles. The smallest absolute Gasteiger partial charge is 0.475 e. The Labute approximate surface area is 181 Å². The molecule has 2 N–H and O–H groups in total. The molecule has 2 heterocycles. The number of aliphatic carboxylic acids is 1. The van der Waals surface area contributed by atoms with Crippen molar-refractivity contribution in [1.29, 1.82) is 0 Å². The Balaban J connectivity index is 0.000000360. The van der Waals surface area contributed by atoms with Gasteiger partial charge in [0.15, 0.2) is 5.58 Å². The number of oxazole rings is 1. The number of halogens is 3. The molecule has 0 aliphatic carbocycles. The van der Waals surface area contributed by atoms with Gasteiger partial charge in [0.05, 0.1) is 0 Å². The van der Waals surface area contributed by atoms with Gasteiger partial charge >= 0.3 is 12.1 Å². The molecule has 1 amide bonds. The van der Waals surface area contributed by atoms with E-state index in [1.54, 1.807) is 0 Å². The second-order valence-corrected chi connectivity index (χ2v) is 7.12. The van der Waals surface area contributed by atoms with Crippen LogP contribution in [0.1, 0.15) is 17.9 Å². The lowest BCUT2D eigenvalue weighted by Gasteiger charge is -2.31. The first-order valence-corrected chi connectivity index (χ1v) is 9.98. The third-order valence-electron chi connectivity index (χ3n) is 4.80. The number of alkyl halides is 3. The number of carboxylic acids is 1. The van der Waals surface area contributed by atoms with Crippen LogP contribution in [-0.4, -0.2) is 47.8 Å². The molecule has 170 valence electrons. The number of carbonyl (C=O) groups excluding carboxylic acids is 1. The second kappa shape index (κ2) is 10.2. The Morgan fingerprint density at radius 2 is 1.81 bits per heavy atom. The SMILES string of the molecule is O=C(Cc1nc2ccccc2o1)NCCN1CCCc2ccccc21.O=C(O)C(F)(F)F.